The first-order valence-electron chi connectivity index (χ1n) is 6.17. The zero-order valence-electron chi connectivity index (χ0n) is 11.0. The van der Waals surface area contributed by atoms with Gasteiger partial charge in [0.2, 0.25) is 5.91 Å². The normalized spacial score (nSPS) is 10.4. The third-order valence-electron chi connectivity index (χ3n) is 2.81. The monoisotopic (exact) mass is 325 g/mol. The van der Waals surface area contributed by atoms with Crippen molar-refractivity contribution in [2.75, 3.05) is 11.1 Å². The highest BCUT2D eigenvalue weighted by Gasteiger charge is 2.11. The average Bonchev–Trinajstić information content (AvgIpc) is 2.42. The Morgan fingerprint density at radius 1 is 1.24 bits per heavy atom. The van der Waals surface area contributed by atoms with Gasteiger partial charge in [-0.3, -0.25) is 9.59 Å². The van der Waals surface area contributed by atoms with Crippen molar-refractivity contribution in [3.8, 4) is 0 Å². The van der Waals surface area contributed by atoms with Gasteiger partial charge in [0.1, 0.15) is 0 Å². The first-order valence-corrected chi connectivity index (χ1v) is 6.93. The number of hydrogen-bond donors (Lipinski definition) is 2. The molecule has 21 heavy (non-hydrogen) atoms. The Labute approximate surface area is 131 Å². The molecule has 0 saturated carbocycles. The molecule has 3 N–H and O–H groups in total. The highest BCUT2D eigenvalue weighted by Crippen LogP contribution is 2.32. The molecule has 110 valence electrons. The standard InChI is InChI=1S/C14H13Cl2N3O2/c15-10-7-9(17)8-11(16)14(10)18-12(20)4-6-19-5-2-1-3-13(19)21/h1-3,5,7-8H,4,6,17H2,(H,18,20). The van der Waals surface area contributed by atoms with E-state index in [0.29, 0.717) is 11.4 Å². The second kappa shape index (κ2) is 6.65. The largest absolute Gasteiger partial charge is 0.399 e. The van der Waals surface area contributed by atoms with Gasteiger partial charge in [0.05, 0.1) is 15.7 Å². The molecular formula is C14H13Cl2N3O2. The number of nitrogens with one attached hydrogen (secondary N) is 1. The Morgan fingerprint density at radius 2 is 1.90 bits per heavy atom. The Hall–Kier alpha value is -1.98. The van der Waals surface area contributed by atoms with Crippen LogP contribution in [0.4, 0.5) is 11.4 Å². The highest BCUT2D eigenvalue weighted by molar-refractivity contribution is 6.40. The van der Waals surface area contributed by atoms with Crippen molar-refractivity contribution in [2.24, 2.45) is 0 Å². The molecule has 0 fully saturated rings. The maximum absolute atomic E-state index is 11.9. The smallest absolute Gasteiger partial charge is 0.250 e. The lowest BCUT2D eigenvalue weighted by molar-refractivity contribution is -0.116. The maximum atomic E-state index is 11.9. The predicted octanol–water partition coefficient (Wildman–Crippen LogP) is 2.77. The summed E-state index contributed by atoms with van der Waals surface area (Å²) < 4.78 is 1.45. The Morgan fingerprint density at radius 3 is 2.52 bits per heavy atom. The zero-order chi connectivity index (χ0) is 15.4. The van der Waals surface area contributed by atoms with Crippen molar-refractivity contribution in [1.82, 2.24) is 4.57 Å². The van der Waals surface area contributed by atoms with Gasteiger partial charge in [0.25, 0.3) is 5.56 Å². The minimum Gasteiger partial charge on any atom is -0.399 e. The number of aromatic nitrogens is 1. The number of nitrogens with two attached hydrogens (primary N) is 1. The molecule has 0 bridgehead atoms. The number of nitrogen functional groups attached to an aromatic ring is 1. The predicted molar refractivity (Wildman–Crippen MR) is 84.8 cm³/mol. The summed E-state index contributed by atoms with van der Waals surface area (Å²) >= 11 is 12.0. The SMILES string of the molecule is Nc1cc(Cl)c(NC(=O)CCn2ccccc2=O)c(Cl)c1. The molecule has 5 nitrogen and oxygen atoms in total. The fourth-order valence-electron chi connectivity index (χ4n) is 1.78. The molecule has 0 atom stereocenters. The molecule has 1 amide bonds. The molecule has 0 spiro atoms. The van der Waals surface area contributed by atoms with Crippen LogP contribution in [-0.4, -0.2) is 10.5 Å². The summed E-state index contributed by atoms with van der Waals surface area (Å²) in [5, 5.41) is 3.16. The zero-order valence-corrected chi connectivity index (χ0v) is 12.5. The van der Waals surface area contributed by atoms with Crippen molar-refractivity contribution in [3.05, 3.63) is 56.9 Å². The van der Waals surface area contributed by atoms with E-state index in [-0.39, 0.29) is 34.5 Å². The van der Waals surface area contributed by atoms with Crippen molar-refractivity contribution in [1.29, 1.82) is 0 Å². The van der Waals surface area contributed by atoms with Crippen LogP contribution in [0.25, 0.3) is 0 Å². The van der Waals surface area contributed by atoms with E-state index in [1.807, 2.05) is 0 Å². The molecule has 0 radical (unpaired) electrons. The summed E-state index contributed by atoms with van der Waals surface area (Å²) in [5.74, 6) is -0.292. The number of carbonyl (C=O) groups excluding carboxylic acids is 1. The molecule has 0 aliphatic carbocycles. The molecule has 1 aromatic heterocycles. The van der Waals surface area contributed by atoms with E-state index in [1.54, 1.807) is 18.3 Å². The second-order valence-electron chi connectivity index (χ2n) is 4.39. The molecule has 1 aromatic carbocycles. The van der Waals surface area contributed by atoms with E-state index in [0.717, 1.165) is 0 Å². The first-order chi connectivity index (χ1) is 9.97. The van der Waals surface area contributed by atoms with Crippen molar-refractivity contribution < 1.29 is 4.79 Å². The van der Waals surface area contributed by atoms with Gasteiger partial charge in [0, 0.05) is 30.9 Å². The van der Waals surface area contributed by atoms with Gasteiger partial charge in [-0.25, -0.2) is 0 Å². The number of pyridine rings is 1. The fourth-order valence-corrected chi connectivity index (χ4v) is 2.38. The highest BCUT2D eigenvalue weighted by atomic mass is 35.5. The third kappa shape index (κ3) is 4.00. The van der Waals surface area contributed by atoms with Crippen LogP contribution in [-0.2, 0) is 11.3 Å². The van der Waals surface area contributed by atoms with Gasteiger partial charge in [-0.1, -0.05) is 29.3 Å². The van der Waals surface area contributed by atoms with Gasteiger partial charge in [-0.15, -0.1) is 0 Å². The van der Waals surface area contributed by atoms with E-state index in [4.69, 9.17) is 28.9 Å². The Kier molecular flexibility index (Phi) is 4.88. The molecule has 2 aromatic rings. The number of rotatable bonds is 4. The fraction of sp³-hybridized carbons (Fsp3) is 0.143. The summed E-state index contributed by atoms with van der Waals surface area (Å²) in [7, 11) is 0. The number of nitrogens with zero attached hydrogens (tertiary/aromatic N) is 1. The minimum atomic E-state index is -0.292. The number of hydrogen-bond acceptors (Lipinski definition) is 3. The van der Waals surface area contributed by atoms with E-state index in [2.05, 4.69) is 5.32 Å². The Balaban J connectivity index is 2.03. The van der Waals surface area contributed by atoms with Crippen LogP contribution < -0.4 is 16.6 Å². The Bertz CT molecular complexity index is 705. The van der Waals surface area contributed by atoms with Crippen LogP contribution in [0.15, 0.2) is 41.3 Å². The van der Waals surface area contributed by atoms with Crippen LogP contribution in [0.2, 0.25) is 10.0 Å². The molecule has 0 saturated heterocycles. The van der Waals surface area contributed by atoms with Crippen molar-refractivity contribution in [2.45, 2.75) is 13.0 Å². The molecule has 0 aliphatic heterocycles. The number of aryl methyl sites for hydroxylation is 1. The van der Waals surface area contributed by atoms with E-state index in [9.17, 15) is 9.59 Å². The molecule has 0 aliphatic rings. The number of benzene rings is 1. The summed E-state index contributed by atoms with van der Waals surface area (Å²) in [6.45, 7) is 0.274. The van der Waals surface area contributed by atoms with E-state index in [1.165, 1.54) is 22.8 Å². The lowest BCUT2D eigenvalue weighted by atomic mass is 10.2. The summed E-state index contributed by atoms with van der Waals surface area (Å²) in [5.41, 5.74) is 6.17. The molecule has 2 rings (SSSR count). The summed E-state index contributed by atoms with van der Waals surface area (Å²) in [4.78, 5) is 23.4. The quantitative estimate of drug-likeness (QED) is 0.848. The second-order valence-corrected chi connectivity index (χ2v) is 5.20. The van der Waals surface area contributed by atoms with Crippen LogP contribution in [0.1, 0.15) is 6.42 Å². The van der Waals surface area contributed by atoms with Crippen LogP contribution in [0.3, 0.4) is 0 Å². The number of anilines is 2. The molecule has 1 heterocycles. The van der Waals surface area contributed by atoms with Gasteiger partial charge >= 0.3 is 0 Å². The number of carbonyl (C=O) groups is 1. The van der Waals surface area contributed by atoms with E-state index >= 15 is 0 Å². The van der Waals surface area contributed by atoms with E-state index < -0.39 is 0 Å². The first kappa shape index (κ1) is 15.4. The number of amides is 1. The summed E-state index contributed by atoms with van der Waals surface area (Å²) in [6.07, 6.45) is 1.75. The van der Waals surface area contributed by atoms with Crippen LogP contribution in [0, 0.1) is 0 Å². The third-order valence-corrected chi connectivity index (χ3v) is 3.40. The van der Waals surface area contributed by atoms with Crippen molar-refractivity contribution >= 4 is 40.5 Å². The minimum absolute atomic E-state index is 0.126. The van der Waals surface area contributed by atoms with Crippen LogP contribution >= 0.6 is 23.2 Å². The number of halogens is 2. The van der Waals surface area contributed by atoms with Gasteiger partial charge in [-0.05, 0) is 18.2 Å². The van der Waals surface area contributed by atoms with Gasteiger partial charge < -0.3 is 15.6 Å². The van der Waals surface area contributed by atoms with Gasteiger partial charge in [-0.2, -0.15) is 0 Å². The van der Waals surface area contributed by atoms with Gasteiger partial charge in [0.15, 0.2) is 0 Å². The maximum Gasteiger partial charge on any atom is 0.250 e. The lowest BCUT2D eigenvalue weighted by Crippen LogP contribution is -2.22. The molecule has 0 unspecified atom stereocenters. The molecule has 7 heteroatoms. The van der Waals surface area contributed by atoms with Crippen LogP contribution in [0.5, 0.6) is 0 Å². The lowest BCUT2D eigenvalue weighted by Gasteiger charge is -2.10. The topological polar surface area (TPSA) is 77.1 Å². The molecular weight excluding hydrogens is 313 g/mol. The average molecular weight is 326 g/mol. The summed E-state index contributed by atoms with van der Waals surface area (Å²) in [6, 6.07) is 7.82. The van der Waals surface area contributed by atoms with Crippen molar-refractivity contribution in [3.63, 3.8) is 0 Å².